The lowest BCUT2D eigenvalue weighted by Gasteiger charge is -2.17. The molecule has 3 rings (SSSR count). The normalized spacial score (nSPS) is 21.8. The van der Waals surface area contributed by atoms with E-state index in [2.05, 4.69) is 48.5 Å². The number of hydrogen-bond acceptors (Lipinski definition) is 3. The van der Waals surface area contributed by atoms with E-state index in [0.717, 1.165) is 24.9 Å². The smallest absolute Gasteiger partial charge is 0.0349 e. The van der Waals surface area contributed by atoms with Crippen molar-refractivity contribution >= 4 is 21.4 Å². The van der Waals surface area contributed by atoms with Gasteiger partial charge in [0.25, 0.3) is 0 Å². The maximum absolute atomic E-state index is 3.31. The predicted octanol–water partition coefficient (Wildman–Crippen LogP) is 3.71. The van der Waals surface area contributed by atoms with Crippen LogP contribution in [0.3, 0.4) is 0 Å². The fourth-order valence-electron chi connectivity index (χ4n) is 3.01. The van der Waals surface area contributed by atoms with E-state index in [4.69, 9.17) is 0 Å². The highest BCUT2D eigenvalue weighted by Crippen LogP contribution is 2.39. The van der Waals surface area contributed by atoms with Crippen molar-refractivity contribution in [3.05, 3.63) is 34.7 Å². The summed E-state index contributed by atoms with van der Waals surface area (Å²) in [5, 5.41) is 4.75. The summed E-state index contributed by atoms with van der Waals surface area (Å²) in [7, 11) is 4.30. The first-order chi connectivity index (χ1) is 9.69. The molecule has 0 spiro atoms. The third-order valence-corrected chi connectivity index (χ3v) is 5.58. The Balaban J connectivity index is 1.82. The first-order valence-corrected chi connectivity index (χ1v) is 8.33. The fourth-order valence-corrected chi connectivity index (χ4v) is 4.24. The van der Waals surface area contributed by atoms with Crippen LogP contribution in [0, 0.1) is 11.8 Å². The lowest BCUT2D eigenvalue weighted by Crippen LogP contribution is -2.21. The second-order valence-corrected chi connectivity index (χ2v) is 7.34. The van der Waals surface area contributed by atoms with Crippen molar-refractivity contribution in [2.45, 2.75) is 26.4 Å². The fraction of sp³-hybridized carbons (Fsp3) is 0.529. The molecule has 2 atom stereocenters. The van der Waals surface area contributed by atoms with E-state index in [-0.39, 0.29) is 0 Å². The topological polar surface area (TPSA) is 15.3 Å². The van der Waals surface area contributed by atoms with Gasteiger partial charge in [-0.2, -0.15) is 0 Å². The molecular formula is C17H24N2S. The highest BCUT2D eigenvalue weighted by atomic mass is 32.1. The molecule has 1 aliphatic rings. The maximum Gasteiger partial charge on any atom is 0.0349 e. The molecule has 1 saturated carbocycles. The van der Waals surface area contributed by atoms with Crippen molar-refractivity contribution in [3.8, 4) is 0 Å². The Morgan fingerprint density at radius 1 is 1.35 bits per heavy atom. The van der Waals surface area contributed by atoms with Crippen LogP contribution in [0.2, 0.25) is 0 Å². The first-order valence-electron chi connectivity index (χ1n) is 7.51. The summed E-state index contributed by atoms with van der Waals surface area (Å²) in [6, 6.07) is 8.81. The Morgan fingerprint density at radius 3 is 2.80 bits per heavy atom. The summed E-state index contributed by atoms with van der Waals surface area (Å²) in [5.74, 6) is 1.87. The zero-order chi connectivity index (χ0) is 14.1. The zero-order valence-corrected chi connectivity index (χ0v) is 13.5. The molecule has 0 saturated heterocycles. The number of nitrogens with zero attached hydrogens (tertiary/aromatic N) is 1. The standard InChI is InChI=1S/C17H24N2S/c1-12-8-13(12)10-19(3)11-15-14-6-4-5-7-16(14)20-17(15)9-18-2/h4-7,12-13,18H,8-11H2,1-3H3. The Hall–Kier alpha value is -0.900. The van der Waals surface area contributed by atoms with Gasteiger partial charge >= 0.3 is 0 Å². The number of nitrogens with one attached hydrogen (secondary N) is 1. The van der Waals surface area contributed by atoms with Crippen LogP contribution in [-0.4, -0.2) is 25.5 Å². The molecule has 2 aromatic rings. The molecule has 1 aromatic carbocycles. The molecule has 3 heteroatoms. The predicted molar refractivity (Wildman–Crippen MR) is 88.2 cm³/mol. The molecule has 0 aliphatic heterocycles. The van der Waals surface area contributed by atoms with E-state index >= 15 is 0 Å². The lowest BCUT2D eigenvalue weighted by molar-refractivity contribution is 0.308. The SMILES string of the molecule is CNCc1sc2ccccc2c1CN(C)CC1CC1C. The number of rotatable bonds is 6. The number of benzene rings is 1. The van der Waals surface area contributed by atoms with Gasteiger partial charge in [-0.05, 0) is 49.4 Å². The molecule has 1 N–H and O–H groups in total. The molecule has 0 amide bonds. The van der Waals surface area contributed by atoms with Gasteiger partial charge in [0.15, 0.2) is 0 Å². The van der Waals surface area contributed by atoms with Crippen LogP contribution in [0.25, 0.3) is 10.1 Å². The first kappa shape index (κ1) is 14.1. The monoisotopic (exact) mass is 288 g/mol. The van der Waals surface area contributed by atoms with Crippen LogP contribution in [0.5, 0.6) is 0 Å². The van der Waals surface area contributed by atoms with Gasteiger partial charge in [-0.15, -0.1) is 11.3 Å². The molecule has 1 aromatic heterocycles. The van der Waals surface area contributed by atoms with Crippen molar-refractivity contribution in [2.24, 2.45) is 11.8 Å². The minimum atomic E-state index is 0.928. The molecule has 0 radical (unpaired) electrons. The highest BCUT2D eigenvalue weighted by Gasteiger charge is 2.33. The summed E-state index contributed by atoms with van der Waals surface area (Å²) < 4.78 is 1.42. The average Bonchev–Trinajstić information content (AvgIpc) is 3.00. The Kier molecular flexibility index (Phi) is 4.11. The molecule has 2 nitrogen and oxygen atoms in total. The molecular weight excluding hydrogens is 264 g/mol. The van der Waals surface area contributed by atoms with Gasteiger partial charge in [0, 0.05) is 29.2 Å². The van der Waals surface area contributed by atoms with Crippen molar-refractivity contribution < 1.29 is 0 Å². The summed E-state index contributed by atoms with van der Waals surface area (Å²) in [6.07, 6.45) is 1.41. The van der Waals surface area contributed by atoms with Crippen LogP contribution >= 0.6 is 11.3 Å². The van der Waals surface area contributed by atoms with Gasteiger partial charge in [-0.3, -0.25) is 0 Å². The number of hydrogen-bond donors (Lipinski definition) is 1. The van der Waals surface area contributed by atoms with E-state index in [1.807, 2.05) is 18.4 Å². The van der Waals surface area contributed by atoms with Gasteiger partial charge in [-0.1, -0.05) is 25.1 Å². The molecule has 1 aliphatic carbocycles. The lowest BCUT2D eigenvalue weighted by atomic mass is 10.1. The summed E-state index contributed by atoms with van der Waals surface area (Å²) in [4.78, 5) is 3.99. The van der Waals surface area contributed by atoms with Crippen LogP contribution < -0.4 is 5.32 Å². The summed E-state index contributed by atoms with van der Waals surface area (Å²) >= 11 is 1.94. The highest BCUT2D eigenvalue weighted by molar-refractivity contribution is 7.19. The van der Waals surface area contributed by atoms with Gasteiger partial charge in [0.1, 0.15) is 0 Å². The van der Waals surface area contributed by atoms with E-state index < -0.39 is 0 Å². The molecule has 1 fully saturated rings. The second kappa shape index (κ2) is 5.84. The third-order valence-electron chi connectivity index (χ3n) is 4.37. The van der Waals surface area contributed by atoms with Crippen LogP contribution in [0.1, 0.15) is 23.8 Å². The molecule has 1 heterocycles. The van der Waals surface area contributed by atoms with E-state index in [0.29, 0.717) is 0 Å². The molecule has 2 unspecified atom stereocenters. The third kappa shape index (κ3) is 2.90. The molecule has 108 valence electrons. The average molecular weight is 288 g/mol. The van der Waals surface area contributed by atoms with E-state index in [1.54, 1.807) is 0 Å². The van der Waals surface area contributed by atoms with Crippen molar-refractivity contribution in [1.29, 1.82) is 0 Å². The molecule has 20 heavy (non-hydrogen) atoms. The van der Waals surface area contributed by atoms with Crippen molar-refractivity contribution in [2.75, 3.05) is 20.6 Å². The minimum absolute atomic E-state index is 0.928. The minimum Gasteiger partial charge on any atom is -0.315 e. The summed E-state index contributed by atoms with van der Waals surface area (Å²) in [5.41, 5.74) is 1.52. The Bertz CT molecular complexity index is 590. The Labute approximate surface area is 125 Å². The quantitative estimate of drug-likeness (QED) is 0.872. The van der Waals surface area contributed by atoms with Crippen LogP contribution in [0.4, 0.5) is 0 Å². The zero-order valence-electron chi connectivity index (χ0n) is 12.6. The Morgan fingerprint density at radius 2 is 2.10 bits per heavy atom. The van der Waals surface area contributed by atoms with Gasteiger partial charge in [0.05, 0.1) is 0 Å². The number of fused-ring (bicyclic) bond motifs is 1. The van der Waals surface area contributed by atoms with E-state index in [1.165, 1.54) is 33.5 Å². The second-order valence-electron chi connectivity index (χ2n) is 6.20. The van der Waals surface area contributed by atoms with Gasteiger partial charge in [0.2, 0.25) is 0 Å². The largest absolute Gasteiger partial charge is 0.315 e. The summed E-state index contributed by atoms with van der Waals surface area (Å²) in [6.45, 7) is 5.65. The van der Waals surface area contributed by atoms with Gasteiger partial charge < -0.3 is 10.2 Å². The van der Waals surface area contributed by atoms with Crippen molar-refractivity contribution in [3.63, 3.8) is 0 Å². The van der Waals surface area contributed by atoms with Crippen molar-refractivity contribution in [1.82, 2.24) is 10.2 Å². The van der Waals surface area contributed by atoms with Gasteiger partial charge in [-0.25, -0.2) is 0 Å². The van der Waals surface area contributed by atoms with Crippen LogP contribution in [-0.2, 0) is 13.1 Å². The molecule has 0 bridgehead atoms. The van der Waals surface area contributed by atoms with Crippen LogP contribution in [0.15, 0.2) is 24.3 Å². The van der Waals surface area contributed by atoms with E-state index in [9.17, 15) is 0 Å². The number of thiophene rings is 1. The maximum atomic E-state index is 3.31.